The summed E-state index contributed by atoms with van der Waals surface area (Å²) >= 11 is 0. The molecule has 3 N–H and O–H groups in total. The summed E-state index contributed by atoms with van der Waals surface area (Å²) in [5.41, 5.74) is 5.68. The number of hydrogen-bond acceptors (Lipinski definition) is 4. The third kappa shape index (κ3) is 3.19. The summed E-state index contributed by atoms with van der Waals surface area (Å²) in [5.74, 6) is 0.319. The SMILES string of the molecule is Cc1cnnc(NCC(C)(C)C(N)=O)c1. The van der Waals surface area contributed by atoms with E-state index in [0.717, 1.165) is 5.56 Å². The fraction of sp³-hybridized carbons (Fsp3) is 0.500. The lowest BCUT2D eigenvalue weighted by Crippen LogP contribution is -2.37. The van der Waals surface area contributed by atoms with Gasteiger partial charge in [-0.1, -0.05) is 0 Å². The monoisotopic (exact) mass is 208 g/mol. The molecule has 0 aromatic carbocycles. The van der Waals surface area contributed by atoms with Crippen molar-refractivity contribution in [1.82, 2.24) is 10.2 Å². The number of nitrogens with two attached hydrogens (primary N) is 1. The summed E-state index contributed by atoms with van der Waals surface area (Å²) in [4.78, 5) is 11.1. The first-order chi connectivity index (χ1) is 6.92. The summed E-state index contributed by atoms with van der Waals surface area (Å²) in [7, 11) is 0. The summed E-state index contributed by atoms with van der Waals surface area (Å²) in [6.07, 6.45) is 1.67. The highest BCUT2D eigenvalue weighted by Gasteiger charge is 2.24. The number of aromatic nitrogens is 2. The van der Waals surface area contributed by atoms with Gasteiger partial charge in [-0.05, 0) is 32.4 Å². The molecule has 82 valence electrons. The van der Waals surface area contributed by atoms with Crippen LogP contribution in [0.5, 0.6) is 0 Å². The number of primary amides is 1. The molecule has 0 aliphatic rings. The van der Waals surface area contributed by atoms with Gasteiger partial charge in [-0.2, -0.15) is 5.10 Å². The first-order valence-corrected chi connectivity index (χ1v) is 4.75. The van der Waals surface area contributed by atoms with E-state index in [2.05, 4.69) is 15.5 Å². The highest BCUT2D eigenvalue weighted by atomic mass is 16.1. The Balaban J connectivity index is 2.61. The standard InChI is InChI=1S/C10H16N4O/c1-7-4-8(14-13-5-7)12-6-10(2,3)9(11)15/h4-5H,6H2,1-3H3,(H2,11,15)(H,12,14). The van der Waals surface area contributed by atoms with Gasteiger partial charge in [-0.3, -0.25) is 4.79 Å². The maximum atomic E-state index is 11.1. The highest BCUT2D eigenvalue weighted by Crippen LogP contribution is 2.15. The summed E-state index contributed by atoms with van der Waals surface area (Å²) < 4.78 is 0. The third-order valence-corrected chi connectivity index (χ3v) is 2.17. The molecule has 15 heavy (non-hydrogen) atoms. The quantitative estimate of drug-likeness (QED) is 0.763. The number of carbonyl (C=O) groups excluding carboxylic acids is 1. The van der Waals surface area contributed by atoms with Gasteiger partial charge in [-0.15, -0.1) is 5.10 Å². The number of carbonyl (C=O) groups is 1. The molecule has 0 aliphatic carbocycles. The minimum absolute atomic E-state index is 0.337. The van der Waals surface area contributed by atoms with Crippen LogP contribution in [-0.2, 0) is 4.79 Å². The van der Waals surface area contributed by atoms with E-state index in [0.29, 0.717) is 12.4 Å². The molecule has 1 aromatic heterocycles. The van der Waals surface area contributed by atoms with Crippen LogP contribution in [0.1, 0.15) is 19.4 Å². The summed E-state index contributed by atoms with van der Waals surface area (Å²) in [6.45, 7) is 5.94. The smallest absolute Gasteiger partial charge is 0.224 e. The molecule has 0 radical (unpaired) electrons. The van der Waals surface area contributed by atoms with Gasteiger partial charge in [0.25, 0.3) is 0 Å². The summed E-state index contributed by atoms with van der Waals surface area (Å²) in [6, 6.07) is 1.87. The second-order valence-electron chi connectivity index (χ2n) is 4.22. The van der Waals surface area contributed by atoms with Crippen LogP contribution in [0, 0.1) is 12.3 Å². The number of nitrogens with zero attached hydrogens (tertiary/aromatic N) is 2. The van der Waals surface area contributed by atoms with Crippen molar-refractivity contribution in [3.05, 3.63) is 17.8 Å². The summed E-state index contributed by atoms with van der Waals surface area (Å²) in [5, 5.41) is 10.7. The number of aryl methyl sites for hydroxylation is 1. The van der Waals surface area contributed by atoms with Gasteiger partial charge in [0.05, 0.1) is 11.6 Å². The molecule has 0 unspecified atom stereocenters. The maximum absolute atomic E-state index is 11.1. The van der Waals surface area contributed by atoms with Crippen molar-refractivity contribution < 1.29 is 4.79 Å². The van der Waals surface area contributed by atoms with Crippen LogP contribution in [0.25, 0.3) is 0 Å². The number of rotatable bonds is 4. The van der Waals surface area contributed by atoms with Gasteiger partial charge in [0.15, 0.2) is 0 Å². The molecular formula is C10H16N4O. The topological polar surface area (TPSA) is 80.9 Å². The number of anilines is 1. The zero-order valence-corrected chi connectivity index (χ0v) is 9.24. The lowest BCUT2D eigenvalue weighted by molar-refractivity contribution is -0.125. The van der Waals surface area contributed by atoms with Gasteiger partial charge >= 0.3 is 0 Å². The Kier molecular flexibility index (Phi) is 3.24. The first kappa shape index (κ1) is 11.4. The number of amides is 1. The van der Waals surface area contributed by atoms with E-state index in [4.69, 9.17) is 5.73 Å². The molecule has 0 fully saturated rings. The molecule has 1 rings (SSSR count). The van der Waals surface area contributed by atoms with E-state index in [1.54, 1.807) is 20.0 Å². The molecule has 0 saturated heterocycles. The van der Waals surface area contributed by atoms with E-state index in [1.165, 1.54) is 0 Å². The normalized spacial score (nSPS) is 11.1. The molecule has 1 heterocycles. The average Bonchev–Trinajstić information content (AvgIpc) is 2.15. The average molecular weight is 208 g/mol. The minimum Gasteiger partial charge on any atom is -0.369 e. The molecule has 0 aliphatic heterocycles. The van der Waals surface area contributed by atoms with Gasteiger partial charge in [0.1, 0.15) is 5.82 Å². The Hall–Kier alpha value is -1.65. The third-order valence-electron chi connectivity index (χ3n) is 2.17. The number of hydrogen-bond donors (Lipinski definition) is 2. The Morgan fingerprint density at radius 3 is 2.80 bits per heavy atom. The van der Waals surface area contributed by atoms with Crippen molar-refractivity contribution in [2.45, 2.75) is 20.8 Å². The van der Waals surface area contributed by atoms with Gasteiger partial charge < -0.3 is 11.1 Å². The van der Waals surface area contributed by atoms with Crippen molar-refractivity contribution >= 4 is 11.7 Å². The fourth-order valence-electron chi connectivity index (χ4n) is 0.949. The van der Waals surface area contributed by atoms with Crippen LogP contribution < -0.4 is 11.1 Å². The van der Waals surface area contributed by atoms with Crippen LogP contribution in [0.15, 0.2) is 12.3 Å². The predicted octanol–water partition coefficient (Wildman–Crippen LogP) is 0.708. The van der Waals surface area contributed by atoms with E-state index in [1.807, 2.05) is 13.0 Å². The van der Waals surface area contributed by atoms with Crippen molar-refractivity contribution in [1.29, 1.82) is 0 Å². The maximum Gasteiger partial charge on any atom is 0.224 e. The van der Waals surface area contributed by atoms with Crippen LogP contribution in [-0.4, -0.2) is 22.6 Å². The molecule has 5 nitrogen and oxygen atoms in total. The molecule has 1 amide bonds. The van der Waals surface area contributed by atoms with Crippen LogP contribution in [0.2, 0.25) is 0 Å². The van der Waals surface area contributed by atoms with E-state index in [9.17, 15) is 4.79 Å². The van der Waals surface area contributed by atoms with Crippen LogP contribution in [0.4, 0.5) is 5.82 Å². The van der Waals surface area contributed by atoms with Gasteiger partial charge in [0, 0.05) is 6.54 Å². The molecule has 1 aromatic rings. The van der Waals surface area contributed by atoms with Gasteiger partial charge in [-0.25, -0.2) is 0 Å². The first-order valence-electron chi connectivity index (χ1n) is 4.75. The van der Waals surface area contributed by atoms with E-state index < -0.39 is 5.41 Å². The van der Waals surface area contributed by atoms with Gasteiger partial charge in [0.2, 0.25) is 5.91 Å². The lowest BCUT2D eigenvalue weighted by Gasteiger charge is -2.20. The molecule has 0 saturated carbocycles. The van der Waals surface area contributed by atoms with Crippen molar-refractivity contribution in [2.75, 3.05) is 11.9 Å². The van der Waals surface area contributed by atoms with E-state index in [-0.39, 0.29) is 5.91 Å². The van der Waals surface area contributed by atoms with Crippen molar-refractivity contribution in [3.8, 4) is 0 Å². The second-order valence-corrected chi connectivity index (χ2v) is 4.22. The Labute approximate surface area is 89.1 Å². The molecule has 5 heteroatoms. The number of nitrogens with one attached hydrogen (secondary N) is 1. The van der Waals surface area contributed by atoms with Crippen LogP contribution >= 0.6 is 0 Å². The second kappa shape index (κ2) is 4.25. The molecule has 0 atom stereocenters. The zero-order chi connectivity index (χ0) is 11.5. The zero-order valence-electron chi connectivity index (χ0n) is 9.24. The fourth-order valence-corrected chi connectivity index (χ4v) is 0.949. The Bertz CT molecular complexity index is 362. The molecule has 0 bridgehead atoms. The lowest BCUT2D eigenvalue weighted by atomic mass is 9.93. The highest BCUT2D eigenvalue weighted by molar-refractivity contribution is 5.80. The predicted molar refractivity (Wildman–Crippen MR) is 58.2 cm³/mol. The largest absolute Gasteiger partial charge is 0.369 e. The van der Waals surface area contributed by atoms with Crippen LogP contribution in [0.3, 0.4) is 0 Å². The Morgan fingerprint density at radius 2 is 2.27 bits per heavy atom. The van der Waals surface area contributed by atoms with Crippen molar-refractivity contribution in [2.24, 2.45) is 11.1 Å². The van der Waals surface area contributed by atoms with E-state index >= 15 is 0 Å². The van der Waals surface area contributed by atoms with Crippen molar-refractivity contribution in [3.63, 3.8) is 0 Å². The minimum atomic E-state index is -0.592. The Morgan fingerprint density at radius 1 is 1.60 bits per heavy atom. The molecule has 0 spiro atoms. The molecular weight excluding hydrogens is 192 g/mol.